The third-order valence-electron chi connectivity index (χ3n) is 4.21. The highest BCUT2D eigenvalue weighted by molar-refractivity contribution is 5.68. The van der Waals surface area contributed by atoms with E-state index in [-0.39, 0.29) is 11.5 Å². The van der Waals surface area contributed by atoms with Gasteiger partial charge in [-0.25, -0.2) is 9.18 Å². The van der Waals surface area contributed by atoms with Crippen molar-refractivity contribution in [3.63, 3.8) is 0 Å². The molecule has 1 aliphatic heterocycles. The molecule has 1 heterocycles. The third-order valence-corrected chi connectivity index (χ3v) is 4.21. The molecule has 1 aliphatic carbocycles. The minimum atomic E-state index is -0.666. The van der Waals surface area contributed by atoms with Crippen molar-refractivity contribution < 1.29 is 13.9 Å². The molecule has 3 nitrogen and oxygen atoms in total. The highest BCUT2D eigenvalue weighted by Crippen LogP contribution is 2.49. The van der Waals surface area contributed by atoms with Crippen molar-refractivity contribution in [3.05, 3.63) is 35.9 Å². The van der Waals surface area contributed by atoms with E-state index in [9.17, 15) is 9.18 Å². The summed E-state index contributed by atoms with van der Waals surface area (Å²) in [5.74, 6) is 0. The lowest BCUT2D eigenvalue weighted by molar-refractivity contribution is 0.0304. The molecule has 0 bridgehead atoms. The van der Waals surface area contributed by atoms with E-state index in [1.807, 2.05) is 30.3 Å². The minimum Gasteiger partial charge on any atom is -0.445 e. The molecular formula is C15H18FNO2. The van der Waals surface area contributed by atoms with Crippen LogP contribution < -0.4 is 0 Å². The zero-order chi connectivity index (χ0) is 13.3. The lowest BCUT2D eigenvalue weighted by Gasteiger charge is -2.40. The zero-order valence-corrected chi connectivity index (χ0v) is 10.8. The van der Waals surface area contributed by atoms with Gasteiger partial charge in [0.05, 0.1) is 0 Å². The van der Waals surface area contributed by atoms with E-state index in [1.54, 1.807) is 4.90 Å². The molecule has 4 heteroatoms. The molecule has 1 aromatic rings. The number of alkyl halides is 1. The molecular weight excluding hydrogens is 245 g/mol. The van der Waals surface area contributed by atoms with Gasteiger partial charge in [0.25, 0.3) is 0 Å². The Kier molecular flexibility index (Phi) is 3.17. The number of carbonyl (C=O) groups is 1. The number of halogens is 1. The first kappa shape index (κ1) is 12.5. The van der Waals surface area contributed by atoms with Gasteiger partial charge in [-0.2, -0.15) is 0 Å². The third kappa shape index (κ3) is 2.57. The van der Waals surface area contributed by atoms with E-state index >= 15 is 0 Å². The van der Waals surface area contributed by atoms with Crippen molar-refractivity contribution in [1.82, 2.24) is 4.90 Å². The van der Waals surface area contributed by atoms with Gasteiger partial charge < -0.3 is 9.64 Å². The summed E-state index contributed by atoms with van der Waals surface area (Å²) in [6.45, 7) is 1.65. The Morgan fingerprint density at radius 1 is 1.37 bits per heavy atom. The monoisotopic (exact) mass is 263 g/mol. The number of ether oxygens (including phenoxy) is 1. The molecule has 1 saturated carbocycles. The van der Waals surface area contributed by atoms with E-state index in [1.165, 1.54) is 0 Å². The first-order valence-electron chi connectivity index (χ1n) is 6.77. The van der Waals surface area contributed by atoms with Crippen molar-refractivity contribution in [3.8, 4) is 0 Å². The van der Waals surface area contributed by atoms with Crippen molar-refractivity contribution in [1.29, 1.82) is 0 Å². The molecule has 0 unspecified atom stereocenters. The lowest BCUT2D eigenvalue weighted by atomic mass is 9.67. The number of amides is 1. The largest absolute Gasteiger partial charge is 0.445 e. The van der Waals surface area contributed by atoms with Crippen LogP contribution in [0.1, 0.15) is 24.8 Å². The minimum absolute atomic E-state index is 0.0468. The van der Waals surface area contributed by atoms with Gasteiger partial charge in [0, 0.05) is 13.1 Å². The second-order valence-corrected chi connectivity index (χ2v) is 5.72. The number of carbonyl (C=O) groups excluding carboxylic acids is 1. The standard InChI is InChI=1S/C15H18FNO2/c16-13-8-15(9-13)6-7-17(11-15)14(18)19-10-12-4-2-1-3-5-12/h1-5,13H,6-11H2. The van der Waals surface area contributed by atoms with Gasteiger partial charge in [-0.15, -0.1) is 0 Å². The Hall–Kier alpha value is -1.58. The van der Waals surface area contributed by atoms with Gasteiger partial charge >= 0.3 is 6.09 Å². The lowest BCUT2D eigenvalue weighted by Crippen LogP contribution is -2.42. The fourth-order valence-corrected chi connectivity index (χ4v) is 3.11. The zero-order valence-electron chi connectivity index (χ0n) is 10.8. The maximum Gasteiger partial charge on any atom is 0.410 e. The van der Waals surface area contributed by atoms with Crippen LogP contribution in [0.4, 0.5) is 9.18 Å². The fraction of sp³-hybridized carbons (Fsp3) is 0.533. The SMILES string of the molecule is O=C(OCc1ccccc1)N1CCC2(CC(F)C2)C1. The Morgan fingerprint density at radius 3 is 2.79 bits per heavy atom. The summed E-state index contributed by atoms with van der Waals surface area (Å²) in [6.07, 6.45) is 1.18. The van der Waals surface area contributed by atoms with E-state index < -0.39 is 6.17 Å². The molecule has 19 heavy (non-hydrogen) atoms. The molecule has 2 aliphatic rings. The Balaban J connectivity index is 1.49. The van der Waals surface area contributed by atoms with E-state index in [4.69, 9.17) is 4.74 Å². The Bertz CT molecular complexity index is 456. The first-order chi connectivity index (χ1) is 9.17. The number of benzene rings is 1. The number of hydrogen-bond donors (Lipinski definition) is 0. The van der Waals surface area contributed by atoms with Gasteiger partial charge in [0.1, 0.15) is 12.8 Å². The van der Waals surface area contributed by atoms with Crippen LogP contribution in [0.3, 0.4) is 0 Å². The van der Waals surface area contributed by atoms with E-state index in [2.05, 4.69) is 0 Å². The Labute approximate surface area is 112 Å². The molecule has 2 fully saturated rings. The van der Waals surface area contributed by atoms with Gasteiger partial charge in [0.15, 0.2) is 0 Å². The van der Waals surface area contributed by atoms with Crippen LogP contribution in [0.15, 0.2) is 30.3 Å². The van der Waals surface area contributed by atoms with Crippen LogP contribution in [0, 0.1) is 5.41 Å². The second kappa shape index (κ2) is 4.83. The van der Waals surface area contributed by atoms with Crippen LogP contribution in [-0.4, -0.2) is 30.3 Å². The molecule has 3 rings (SSSR count). The summed E-state index contributed by atoms with van der Waals surface area (Å²) < 4.78 is 18.3. The van der Waals surface area contributed by atoms with Gasteiger partial charge in [0.2, 0.25) is 0 Å². The Morgan fingerprint density at radius 2 is 2.11 bits per heavy atom. The van der Waals surface area contributed by atoms with Gasteiger partial charge in [-0.3, -0.25) is 0 Å². The summed E-state index contributed by atoms with van der Waals surface area (Å²) in [5, 5.41) is 0. The second-order valence-electron chi connectivity index (χ2n) is 5.72. The highest BCUT2D eigenvalue weighted by Gasteiger charge is 2.50. The van der Waals surface area contributed by atoms with Gasteiger partial charge in [-0.1, -0.05) is 30.3 Å². The summed E-state index contributed by atoms with van der Waals surface area (Å²) >= 11 is 0. The van der Waals surface area contributed by atoms with Crippen LogP contribution in [0.2, 0.25) is 0 Å². The average Bonchev–Trinajstić information content (AvgIpc) is 2.82. The molecule has 1 amide bonds. The molecule has 1 aromatic carbocycles. The molecule has 0 aromatic heterocycles. The molecule has 0 atom stereocenters. The summed E-state index contributed by atoms with van der Waals surface area (Å²) in [4.78, 5) is 13.7. The van der Waals surface area contributed by atoms with Crippen molar-refractivity contribution in [2.75, 3.05) is 13.1 Å². The van der Waals surface area contributed by atoms with Crippen LogP contribution in [0.5, 0.6) is 0 Å². The quantitative estimate of drug-likeness (QED) is 0.820. The fourth-order valence-electron chi connectivity index (χ4n) is 3.11. The van der Waals surface area contributed by atoms with Crippen molar-refractivity contribution >= 4 is 6.09 Å². The molecule has 102 valence electrons. The topological polar surface area (TPSA) is 29.5 Å². The van der Waals surface area contributed by atoms with Crippen molar-refractivity contribution in [2.24, 2.45) is 5.41 Å². The predicted molar refractivity (Wildman–Crippen MR) is 69.4 cm³/mol. The highest BCUT2D eigenvalue weighted by atomic mass is 19.1. The van der Waals surface area contributed by atoms with E-state index in [0.717, 1.165) is 12.0 Å². The summed E-state index contributed by atoms with van der Waals surface area (Å²) in [7, 11) is 0. The molecule has 1 spiro atoms. The molecule has 0 radical (unpaired) electrons. The predicted octanol–water partition coefficient (Wildman–Crippen LogP) is 3.15. The number of nitrogens with zero attached hydrogens (tertiary/aromatic N) is 1. The molecule has 1 saturated heterocycles. The van der Waals surface area contributed by atoms with E-state index in [0.29, 0.717) is 32.5 Å². The van der Waals surface area contributed by atoms with Gasteiger partial charge in [-0.05, 0) is 30.2 Å². The normalized spacial score (nSPS) is 29.3. The van der Waals surface area contributed by atoms with Crippen molar-refractivity contribution in [2.45, 2.75) is 32.0 Å². The van der Waals surface area contributed by atoms with Crippen LogP contribution >= 0.6 is 0 Å². The maximum atomic E-state index is 13.0. The average molecular weight is 263 g/mol. The molecule has 0 N–H and O–H groups in total. The maximum absolute atomic E-state index is 13.0. The number of hydrogen-bond acceptors (Lipinski definition) is 2. The first-order valence-corrected chi connectivity index (χ1v) is 6.77. The van der Waals surface area contributed by atoms with Crippen LogP contribution in [-0.2, 0) is 11.3 Å². The number of likely N-dealkylation sites (tertiary alicyclic amines) is 1. The van der Waals surface area contributed by atoms with Crippen LogP contribution in [0.25, 0.3) is 0 Å². The smallest absolute Gasteiger partial charge is 0.410 e. The summed E-state index contributed by atoms with van der Waals surface area (Å²) in [5.41, 5.74) is 1.03. The summed E-state index contributed by atoms with van der Waals surface area (Å²) in [6, 6.07) is 9.63. The number of rotatable bonds is 2.